The molecule has 0 atom stereocenters. The molecule has 0 unspecified atom stereocenters. The molecule has 0 saturated heterocycles. The van der Waals surface area contributed by atoms with Crippen molar-refractivity contribution in [2.45, 2.75) is 46.4 Å². The van der Waals surface area contributed by atoms with E-state index >= 15 is 0 Å². The second-order valence-electron chi connectivity index (χ2n) is 7.59. The van der Waals surface area contributed by atoms with E-state index in [0.717, 1.165) is 19.5 Å². The quantitative estimate of drug-likeness (QED) is 0.354. The normalized spacial score (nSPS) is 13.9. The second kappa shape index (κ2) is 9.97. The highest BCUT2D eigenvalue weighted by Gasteiger charge is 2.51. The zero-order chi connectivity index (χ0) is 22.5. The summed E-state index contributed by atoms with van der Waals surface area (Å²) in [7, 11) is 1.46. The van der Waals surface area contributed by atoms with Gasteiger partial charge in [0, 0.05) is 41.4 Å². The maximum absolute atomic E-state index is 12.7. The first kappa shape index (κ1) is 25.5. The zero-order valence-electron chi connectivity index (χ0n) is 16.7. The van der Waals surface area contributed by atoms with Crippen molar-refractivity contribution in [2.24, 2.45) is 5.41 Å². The van der Waals surface area contributed by atoms with Crippen molar-refractivity contribution in [3.63, 3.8) is 0 Å². The number of benzene rings is 1. The Hall–Kier alpha value is -1.55. The van der Waals surface area contributed by atoms with Gasteiger partial charge in [0.25, 0.3) is 0 Å². The molecule has 1 aliphatic heterocycles. The molecule has 1 heterocycles. The summed E-state index contributed by atoms with van der Waals surface area (Å²) in [4.78, 5) is 11.7. The Labute approximate surface area is 184 Å². The predicted molar refractivity (Wildman–Crippen MR) is 116 cm³/mol. The standard InChI is InChI=1S/C13H14F3IN2O3S.C5H9N/c1-12(2,13(14,15)16)22-11(20)18-8-3-4-10-9(7-8)19(23-17)5-6-21-10;1-5(2,3)4-6/h3-4,7H,5-6H2,1-2H3,(H,18,20);1-3H3. The highest BCUT2D eigenvalue weighted by Crippen LogP contribution is 2.39. The van der Waals surface area contributed by atoms with Crippen LogP contribution >= 0.6 is 30.3 Å². The molecule has 1 aromatic rings. The fraction of sp³-hybridized carbons (Fsp3) is 0.556. The van der Waals surface area contributed by atoms with Gasteiger partial charge in [0.05, 0.1) is 18.3 Å². The van der Waals surface area contributed by atoms with Crippen LogP contribution in [-0.2, 0) is 4.74 Å². The van der Waals surface area contributed by atoms with Crippen molar-refractivity contribution in [2.75, 3.05) is 22.8 Å². The van der Waals surface area contributed by atoms with Gasteiger partial charge in [0.1, 0.15) is 12.4 Å². The van der Waals surface area contributed by atoms with Gasteiger partial charge in [-0.3, -0.25) is 5.32 Å². The number of amides is 1. The Morgan fingerprint density at radius 3 is 2.38 bits per heavy atom. The lowest BCUT2D eigenvalue weighted by molar-refractivity contribution is -0.242. The number of anilines is 2. The van der Waals surface area contributed by atoms with Crippen molar-refractivity contribution < 1.29 is 27.4 Å². The summed E-state index contributed by atoms with van der Waals surface area (Å²) < 4.78 is 50.1. The molecular formula is C18H23F3IN3O3S. The van der Waals surface area contributed by atoms with Crippen LogP contribution in [0.4, 0.5) is 29.3 Å². The third-order valence-corrected chi connectivity index (χ3v) is 5.45. The number of carbonyl (C=O) groups is 1. The molecule has 0 saturated carbocycles. The van der Waals surface area contributed by atoms with Crippen LogP contribution in [0.15, 0.2) is 18.2 Å². The molecule has 29 heavy (non-hydrogen) atoms. The Bertz CT molecular complexity index is 761. The van der Waals surface area contributed by atoms with Crippen molar-refractivity contribution in [1.82, 2.24) is 0 Å². The third-order valence-electron chi connectivity index (χ3n) is 3.48. The highest BCUT2D eigenvalue weighted by atomic mass is 127. The van der Waals surface area contributed by atoms with Crippen molar-refractivity contribution >= 4 is 47.8 Å². The van der Waals surface area contributed by atoms with Crippen molar-refractivity contribution in [3.8, 4) is 11.8 Å². The molecule has 162 valence electrons. The second-order valence-corrected chi connectivity index (χ2v) is 9.35. The molecule has 0 aromatic heterocycles. The highest BCUT2D eigenvalue weighted by molar-refractivity contribution is 14.2. The van der Waals surface area contributed by atoms with Gasteiger partial charge in [-0.05, 0) is 52.8 Å². The summed E-state index contributed by atoms with van der Waals surface area (Å²) in [6.45, 7) is 8.43. The molecule has 1 N–H and O–H groups in total. The molecule has 0 spiro atoms. The first-order valence-electron chi connectivity index (χ1n) is 8.51. The van der Waals surface area contributed by atoms with Crippen LogP contribution in [0.2, 0.25) is 0 Å². The Morgan fingerprint density at radius 2 is 1.90 bits per heavy atom. The lowest BCUT2D eigenvalue weighted by Gasteiger charge is -2.29. The summed E-state index contributed by atoms with van der Waals surface area (Å²) in [6, 6.07) is 6.93. The van der Waals surface area contributed by atoms with Crippen LogP contribution in [0.25, 0.3) is 0 Å². The summed E-state index contributed by atoms with van der Waals surface area (Å²) in [5.41, 5.74) is -1.66. The lowest BCUT2D eigenvalue weighted by Crippen LogP contribution is -2.44. The van der Waals surface area contributed by atoms with Crippen LogP contribution in [0.3, 0.4) is 0 Å². The van der Waals surface area contributed by atoms with Crippen LogP contribution in [0, 0.1) is 16.7 Å². The van der Waals surface area contributed by atoms with Gasteiger partial charge in [-0.15, -0.1) is 0 Å². The summed E-state index contributed by atoms with van der Waals surface area (Å²) in [5, 5.41) is 10.5. The number of alkyl halides is 3. The monoisotopic (exact) mass is 545 g/mol. The minimum atomic E-state index is -4.65. The molecule has 6 nitrogen and oxygen atoms in total. The average molecular weight is 545 g/mol. The van der Waals surface area contributed by atoms with E-state index in [9.17, 15) is 18.0 Å². The minimum absolute atomic E-state index is 0.153. The average Bonchev–Trinajstić information content (AvgIpc) is 2.59. The SMILES string of the molecule is CC(C)(C)C#N.CC(C)(OC(=O)Nc1ccc2c(c1)N(SI)CCO2)C(F)(F)F. The van der Waals surface area contributed by atoms with E-state index in [-0.39, 0.29) is 5.41 Å². The number of hydrogen-bond acceptors (Lipinski definition) is 6. The van der Waals surface area contributed by atoms with Gasteiger partial charge in [-0.25, -0.2) is 4.79 Å². The van der Waals surface area contributed by atoms with Gasteiger partial charge in [-0.1, -0.05) is 0 Å². The molecule has 0 bridgehead atoms. The number of fused-ring (bicyclic) bond motifs is 1. The fourth-order valence-electron chi connectivity index (χ4n) is 1.78. The largest absolute Gasteiger partial charge is 0.489 e. The van der Waals surface area contributed by atoms with Gasteiger partial charge >= 0.3 is 12.3 Å². The van der Waals surface area contributed by atoms with E-state index in [2.05, 4.69) is 37.3 Å². The molecule has 11 heteroatoms. The van der Waals surface area contributed by atoms with Crippen molar-refractivity contribution in [1.29, 1.82) is 5.26 Å². The van der Waals surface area contributed by atoms with E-state index in [1.54, 1.807) is 18.2 Å². The molecular weight excluding hydrogens is 522 g/mol. The molecule has 0 radical (unpaired) electrons. The number of nitriles is 1. The summed E-state index contributed by atoms with van der Waals surface area (Å²) >= 11 is 2.12. The Kier molecular flexibility index (Phi) is 8.76. The zero-order valence-corrected chi connectivity index (χ0v) is 19.7. The van der Waals surface area contributed by atoms with E-state index in [1.165, 1.54) is 9.12 Å². The molecule has 1 aliphatic rings. The van der Waals surface area contributed by atoms with Gasteiger partial charge in [0.15, 0.2) is 0 Å². The van der Waals surface area contributed by atoms with E-state index in [4.69, 9.17) is 10.00 Å². The summed E-state index contributed by atoms with van der Waals surface area (Å²) in [6.07, 6.45) is -5.82. The lowest BCUT2D eigenvalue weighted by atomic mass is 10.0. The number of nitrogens with zero attached hydrogens (tertiary/aromatic N) is 2. The first-order valence-corrected chi connectivity index (χ1v) is 11.8. The predicted octanol–water partition coefficient (Wildman–Crippen LogP) is 6.33. The number of carbonyl (C=O) groups excluding carboxylic acids is 1. The Morgan fingerprint density at radius 1 is 1.31 bits per heavy atom. The number of halogens is 4. The molecule has 1 aromatic carbocycles. The molecule has 0 fully saturated rings. The minimum Gasteiger partial charge on any atom is -0.489 e. The molecule has 0 aliphatic carbocycles. The van der Waals surface area contributed by atoms with Crippen LogP contribution < -0.4 is 14.4 Å². The molecule has 2 rings (SSSR count). The number of ether oxygens (including phenoxy) is 2. The Balaban J connectivity index is 0.000000612. The van der Waals surface area contributed by atoms with Gasteiger partial charge in [0.2, 0.25) is 5.60 Å². The van der Waals surface area contributed by atoms with Crippen LogP contribution in [0.1, 0.15) is 34.6 Å². The first-order chi connectivity index (χ1) is 13.2. The number of rotatable bonds is 3. The van der Waals surface area contributed by atoms with E-state index in [1.807, 2.05) is 25.1 Å². The summed E-state index contributed by atoms with van der Waals surface area (Å²) in [5.74, 6) is 0.648. The third kappa shape index (κ3) is 8.00. The van der Waals surface area contributed by atoms with E-state index < -0.39 is 17.9 Å². The maximum Gasteiger partial charge on any atom is 0.427 e. The van der Waals surface area contributed by atoms with E-state index in [0.29, 0.717) is 24.6 Å². The topological polar surface area (TPSA) is 74.6 Å². The van der Waals surface area contributed by atoms with Gasteiger partial charge in [-0.2, -0.15) is 18.4 Å². The maximum atomic E-state index is 12.7. The fourth-order valence-corrected chi connectivity index (χ4v) is 3.36. The van der Waals surface area contributed by atoms with Crippen LogP contribution in [-0.4, -0.2) is 31.0 Å². The molecule has 1 amide bonds. The number of hydrogen-bond donors (Lipinski definition) is 1. The number of nitrogens with one attached hydrogen (secondary N) is 1. The smallest absolute Gasteiger partial charge is 0.427 e. The van der Waals surface area contributed by atoms with Crippen molar-refractivity contribution in [3.05, 3.63) is 18.2 Å². The van der Waals surface area contributed by atoms with Gasteiger partial charge < -0.3 is 13.8 Å². The van der Waals surface area contributed by atoms with Crippen LogP contribution in [0.5, 0.6) is 5.75 Å².